The summed E-state index contributed by atoms with van der Waals surface area (Å²) in [5.41, 5.74) is 5.47. The third kappa shape index (κ3) is 2.92. The van der Waals surface area contributed by atoms with Crippen LogP contribution in [0, 0.1) is 0 Å². The van der Waals surface area contributed by atoms with E-state index in [4.69, 9.17) is 17.3 Å². The van der Waals surface area contributed by atoms with Crippen molar-refractivity contribution in [1.29, 1.82) is 0 Å². The Hall–Kier alpha value is -2.14. The van der Waals surface area contributed by atoms with E-state index in [1.165, 1.54) is 12.4 Å². The molecule has 2 aromatic heterocycles. The Morgan fingerprint density at radius 3 is 2.24 bits per heavy atom. The molecule has 0 fully saturated rings. The molecule has 2 heterocycles. The topological polar surface area (TPSA) is 80.9 Å². The number of hydrogen-bond donors (Lipinski definition) is 2. The molecule has 86 valence electrons. The lowest BCUT2D eigenvalue weighted by Gasteiger charge is -2.04. The number of pyridine rings is 2. The Morgan fingerprint density at radius 2 is 1.76 bits per heavy atom. The maximum Gasteiger partial charge on any atom is 0.250 e. The normalized spacial score (nSPS) is 9.94. The van der Waals surface area contributed by atoms with Crippen molar-refractivity contribution in [2.24, 2.45) is 5.73 Å². The summed E-state index contributed by atoms with van der Waals surface area (Å²) in [7, 11) is 0. The van der Waals surface area contributed by atoms with E-state index in [1.807, 2.05) is 0 Å². The summed E-state index contributed by atoms with van der Waals surface area (Å²) < 4.78 is 0. The summed E-state index contributed by atoms with van der Waals surface area (Å²) in [6.45, 7) is 0. The van der Waals surface area contributed by atoms with Crippen molar-refractivity contribution in [3.05, 3.63) is 47.2 Å². The van der Waals surface area contributed by atoms with E-state index >= 15 is 0 Å². The fourth-order valence-electron chi connectivity index (χ4n) is 1.19. The Morgan fingerprint density at radius 1 is 1.12 bits per heavy atom. The molecule has 0 atom stereocenters. The first kappa shape index (κ1) is 11.3. The van der Waals surface area contributed by atoms with Gasteiger partial charge < -0.3 is 11.1 Å². The van der Waals surface area contributed by atoms with Gasteiger partial charge in [0.15, 0.2) is 0 Å². The summed E-state index contributed by atoms with van der Waals surface area (Å²) in [4.78, 5) is 18.9. The molecular weight excluding hydrogens is 240 g/mol. The number of aromatic nitrogens is 2. The van der Waals surface area contributed by atoms with Gasteiger partial charge in [-0.15, -0.1) is 0 Å². The Kier molecular flexibility index (Phi) is 3.20. The van der Waals surface area contributed by atoms with Crippen molar-refractivity contribution >= 4 is 29.1 Å². The number of carbonyl (C=O) groups excluding carboxylic acids is 1. The van der Waals surface area contributed by atoms with Crippen LogP contribution < -0.4 is 11.1 Å². The van der Waals surface area contributed by atoms with Crippen LogP contribution in [0.4, 0.5) is 11.6 Å². The van der Waals surface area contributed by atoms with Crippen molar-refractivity contribution in [2.75, 3.05) is 5.32 Å². The first-order valence-electron chi connectivity index (χ1n) is 4.79. The van der Waals surface area contributed by atoms with Gasteiger partial charge in [0.05, 0.1) is 10.6 Å². The van der Waals surface area contributed by atoms with Crippen molar-refractivity contribution in [1.82, 2.24) is 9.97 Å². The van der Waals surface area contributed by atoms with Gasteiger partial charge in [0, 0.05) is 12.4 Å². The number of anilines is 2. The molecule has 0 aliphatic heterocycles. The molecule has 2 rings (SSSR count). The van der Waals surface area contributed by atoms with E-state index in [9.17, 15) is 4.79 Å². The predicted molar refractivity (Wildman–Crippen MR) is 65.3 cm³/mol. The molecule has 2 aromatic rings. The number of amides is 1. The van der Waals surface area contributed by atoms with Gasteiger partial charge >= 0.3 is 0 Å². The van der Waals surface area contributed by atoms with E-state index < -0.39 is 5.91 Å². The van der Waals surface area contributed by atoms with E-state index in [1.54, 1.807) is 24.3 Å². The molecule has 6 heteroatoms. The summed E-state index contributed by atoms with van der Waals surface area (Å²) >= 11 is 5.71. The average molecular weight is 249 g/mol. The van der Waals surface area contributed by atoms with Gasteiger partial charge in [-0.05, 0) is 24.3 Å². The van der Waals surface area contributed by atoms with Crippen LogP contribution in [0.3, 0.4) is 0 Å². The highest BCUT2D eigenvalue weighted by atomic mass is 35.5. The van der Waals surface area contributed by atoms with Crippen molar-refractivity contribution in [2.45, 2.75) is 0 Å². The Labute approximate surface area is 103 Å². The highest BCUT2D eigenvalue weighted by Crippen LogP contribution is 2.14. The standard InChI is InChI=1S/C11H9ClN4O/c12-8-2-4-10(15-6-8)16-9-3-1-7(5-14-9)11(13)17/h1-6H,(H2,13,17)(H,14,15,16). The molecule has 0 unspecified atom stereocenters. The second-order valence-electron chi connectivity index (χ2n) is 3.28. The SMILES string of the molecule is NC(=O)c1ccc(Nc2ccc(Cl)cn2)nc1. The van der Waals surface area contributed by atoms with Crippen molar-refractivity contribution < 1.29 is 4.79 Å². The summed E-state index contributed by atoms with van der Waals surface area (Å²) in [6, 6.07) is 6.69. The van der Waals surface area contributed by atoms with Crippen LogP contribution in [0.25, 0.3) is 0 Å². The molecule has 0 spiro atoms. The lowest BCUT2D eigenvalue weighted by atomic mass is 10.3. The molecule has 0 radical (unpaired) electrons. The smallest absolute Gasteiger partial charge is 0.250 e. The zero-order valence-electron chi connectivity index (χ0n) is 8.72. The van der Waals surface area contributed by atoms with Crippen molar-refractivity contribution in [3.63, 3.8) is 0 Å². The molecule has 0 aromatic carbocycles. The summed E-state index contributed by atoms with van der Waals surface area (Å²) in [5, 5.41) is 3.53. The van der Waals surface area contributed by atoms with Gasteiger partial charge in [0.25, 0.3) is 0 Å². The Bertz CT molecular complexity index is 524. The Balaban J connectivity index is 2.13. The average Bonchev–Trinajstić information content (AvgIpc) is 2.33. The predicted octanol–water partition coefficient (Wildman–Crippen LogP) is 1.97. The molecule has 17 heavy (non-hydrogen) atoms. The molecular formula is C11H9ClN4O. The lowest BCUT2D eigenvalue weighted by Crippen LogP contribution is -2.11. The van der Waals surface area contributed by atoms with Crippen LogP contribution in [0.5, 0.6) is 0 Å². The van der Waals surface area contributed by atoms with Gasteiger partial charge in [0.1, 0.15) is 11.6 Å². The number of nitrogens with zero attached hydrogens (tertiary/aromatic N) is 2. The molecule has 0 bridgehead atoms. The molecule has 1 amide bonds. The minimum Gasteiger partial charge on any atom is -0.366 e. The number of rotatable bonds is 3. The van der Waals surface area contributed by atoms with Gasteiger partial charge in [0.2, 0.25) is 5.91 Å². The summed E-state index contributed by atoms with van der Waals surface area (Å²) in [5.74, 6) is 0.687. The van der Waals surface area contributed by atoms with E-state index in [0.29, 0.717) is 22.2 Å². The zero-order valence-corrected chi connectivity index (χ0v) is 9.48. The first-order valence-corrected chi connectivity index (χ1v) is 5.17. The van der Waals surface area contributed by atoms with Crippen LogP contribution in [0.15, 0.2) is 36.7 Å². The van der Waals surface area contributed by atoms with E-state index in [0.717, 1.165) is 0 Å². The number of nitrogens with two attached hydrogens (primary N) is 1. The van der Waals surface area contributed by atoms with Crippen LogP contribution in [-0.2, 0) is 0 Å². The minimum absolute atomic E-state index is 0.361. The second-order valence-corrected chi connectivity index (χ2v) is 3.72. The monoisotopic (exact) mass is 248 g/mol. The maximum absolute atomic E-state index is 10.8. The fourth-order valence-corrected chi connectivity index (χ4v) is 1.31. The van der Waals surface area contributed by atoms with Gasteiger partial charge in [-0.25, -0.2) is 9.97 Å². The van der Waals surface area contributed by atoms with Crippen LogP contribution in [-0.4, -0.2) is 15.9 Å². The van der Waals surface area contributed by atoms with Gasteiger partial charge in [-0.2, -0.15) is 0 Å². The quantitative estimate of drug-likeness (QED) is 0.870. The van der Waals surface area contributed by atoms with Crippen LogP contribution >= 0.6 is 11.6 Å². The largest absolute Gasteiger partial charge is 0.366 e. The van der Waals surface area contributed by atoms with E-state index in [2.05, 4.69) is 15.3 Å². The first-order chi connectivity index (χ1) is 8.15. The fraction of sp³-hybridized carbons (Fsp3) is 0. The van der Waals surface area contributed by atoms with Gasteiger partial charge in [-0.1, -0.05) is 11.6 Å². The number of hydrogen-bond acceptors (Lipinski definition) is 4. The van der Waals surface area contributed by atoms with E-state index in [-0.39, 0.29) is 0 Å². The van der Waals surface area contributed by atoms with Crippen LogP contribution in [0.1, 0.15) is 10.4 Å². The second kappa shape index (κ2) is 4.80. The number of nitrogens with one attached hydrogen (secondary N) is 1. The number of halogens is 1. The molecule has 0 saturated heterocycles. The molecule has 0 aliphatic rings. The number of primary amides is 1. The third-order valence-corrected chi connectivity index (χ3v) is 2.26. The van der Waals surface area contributed by atoms with Crippen molar-refractivity contribution in [3.8, 4) is 0 Å². The maximum atomic E-state index is 10.8. The molecule has 3 N–H and O–H groups in total. The van der Waals surface area contributed by atoms with Gasteiger partial charge in [-0.3, -0.25) is 4.79 Å². The zero-order chi connectivity index (χ0) is 12.3. The summed E-state index contributed by atoms with van der Waals surface area (Å²) in [6.07, 6.45) is 2.93. The van der Waals surface area contributed by atoms with Crippen LogP contribution in [0.2, 0.25) is 5.02 Å². The molecule has 0 saturated carbocycles. The molecule has 5 nitrogen and oxygen atoms in total. The minimum atomic E-state index is -0.506. The highest BCUT2D eigenvalue weighted by Gasteiger charge is 2.01. The number of carbonyl (C=O) groups is 1. The molecule has 0 aliphatic carbocycles. The third-order valence-electron chi connectivity index (χ3n) is 2.03. The lowest BCUT2D eigenvalue weighted by molar-refractivity contribution is 0.1000. The highest BCUT2D eigenvalue weighted by molar-refractivity contribution is 6.30.